The molecule has 3 N–H and O–H groups in total. The molecule has 0 aromatic carbocycles. The van der Waals surface area contributed by atoms with Gasteiger partial charge >= 0.3 is 0 Å². The van der Waals surface area contributed by atoms with E-state index in [0.717, 1.165) is 36.7 Å². The van der Waals surface area contributed by atoms with Gasteiger partial charge in [-0.3, -0.25) is 9.78 Å². The first kappa shape index (κ1) is 27.3. The van der Waals surface area contributed by atoms with Gasteiger partial charge in [-0.05, 0) is 82.8 Å². The normalized spacial score (nSPS) is 17.9. The highest BCUT2D eigenvalue weighted by atomic mass is 32.2. The van der Waals surface area contributed by atoms with Crippen LogP contribution in [0, 0.1) is 19.8 Å². The fourth-order valence-electron chi connectivity index (χ4n) is 4.70. The Morgan fingerprint density at radius 2 is 1.89 bits per heavy atom. The summed E-state index contributed by atoms with van der Waals surface area (Å²) in [5, 5.41) is 7.59. The minimum absolute atomic E-state index is 0.194. The van der Waals surface area contributed by atoms with Crippen molar-refractivity contribution in [3.05, 3.63) is 41.2 Å². The molecule has 0 saturated carbocycles. The van der Waals surface area contributed by atoms with Crippen LogP contribution < -0.4 is 20.5 Å². The molecule has 2 aromatic rings. The molecule has 1 fully saturated rings. The highest BCUT2D eigenvalue weighted by Crippen LogP contribution is 2.26. The molecule has 8 nitrogen and oxygen atoms in total. The Morgan fingerprint density at radius 3 is 2.51 bits per heavy atom. The van der Waals surface area contributed by atoms with Gasteiger partial charge in [-0.2, -0.15) is 8.42 Å². The second-order valence-electron chi connectivity index (χ2n) is 11.2. The average Bonchev–Trinajstić information content (AvgIpc) is 3.08. The van der Waals surface area contributed by atoms with Crippen molar-refractivity contribution >= 4 is 35.0 Å². The van der Waals surface area contributed by atoms with Gasteiger partial charge in [0.05, 0.1) is 19.3 Å². The van der Waals surface area contributed by atoms with Gasteiger partial charge in [0.1, 0.15) is 5.82 Å². The molecule has 1 amide bonds. The van der Waals surface area contributed by atoms with E-state index in [9.17, 15) is 13.2 Å². The maximum Gasteiger partial charge on any atom is 0.281 e. The highest BCUT2D eigenvalue weighted by Gasteiger charge is 2.29. The molecule has 1 saturated heterocycles. The first-order valence-electron chi connectivity index (χ1n) is 12.2. The van der Waals surface area contributed by atoms with Gasteiger partial charge in [0.2, 0.25) is 0 Å². The largest absolute Gasteiger partial charge is 0.370 e. The zero-order valence-corrected chi connectivity index (χ0v) is 23.8. The maximum absolute atomic E-state index is 13.0. The Bertz CT molecular complexity index is 1190. The zero-order valence-electron chi connectivity index (χ0n) is 21.9. The van der Waals surface area contributed by atoms with Crippen molar-refractivity contribution in [2.75, 3.05) is 18.4 Å². The van der Waals surface area contributed by atoms with Gasteiger partial charge in [0.15, 0.2) is 5.03 Å². The number of carbonyl (C=O) groups is 1. The van der Waals surface area contributed by atoms with Crippen LogP contribution >= 0.6 is 0 Å². The van der Waals surface area contributed by atoms with Crippen LogP contribution in [0.1, 0.15) is 54.9 Å². The molecule has 35 heavy (non-hydrogen) atoms. The van der Waals surface area contributed by atoms with Crippen LogP contribution in [-0.2, 0) is 10.0 Å². The lowest BCUT2D eigenvalue weighted by Crippen LogP contribution is -2.42. The van der Waals surface area contributed by atoms with Crippen LogP contribution in [0.3, 0.4) is 0 Å². The molecular weight excluding hydrogens is 478 g/mol. The van der Waals surface area contributed by atoms with Gasteiger partial charge in [0.25, 0.3) is 15.9 Å². The summed E-state index contributed by atoms with van der Waals surface area (Å²) < 4.78 is 28.1. The Morgan fingerprint density at radius 1 is 1.17 bits per heavy atom. The summed E-state index contributed by atoms with van der Waals surface area (Å²) in [5.41, 5.74) is 1.86. The van der Waals surface area contributed by atoms with Crippen LogP contribution in [0.4, 0.5) is 5.82 Å². The second kappa shape index (κ2) is 10.4. The second-order valence-corrected chi connectivity index (χ2v) is 17.9. The van der Waals surface area contributed by atoms with Crippen molar-refractivity contribution in [2.24, 2.45) is 5.92 Å². The standard InChI is InChI=1S/C25H39N5O3SSi/c1-17-20(14-21(18(2)28-17)35(5,6)7)24(31)30-34(32,33)23-12-8-11-22(29-23)26-13-9-10-19-15-25(3,4)27-16-19/h8,11-12,14,19,27H,9-10,13,15-16H2,1-7H3,(H,26,29)(H,30,31)/t19-/m0/s1. The van der Waals surface area contributed by atoms with E-state index in [2.05, 4.69) is 58.8 Å². The Kier molecular flexibility index (Phi) is 8.08. The SMILES string of the molecule is Cc1nc(C)c([Si](C)(C)C)cc1C(=O)NS(=O)(=O)c1cccc(NCCC[C@@H]2CNC(C)(C)C2)n1. The molecule has 1 aliphatic heterocycles. The number of anilines is 1. The predicted octanol–water partition coefficient (Wildman–Crippen LogP) is 3.34. The summed E-state index contributed by atoms with van der Waals surface area (Å²) in [6, 6.07) is 6.54. The van der Waals surface area contributed by atoms with E-state index in [4.69, 9.17) is 0 Å². The van der Waals surface area contributed by atoms with Crippen molar-refractivity contribution in [3.63, 3.8) is 0 Å². The first-order chi connectivity index (χ1) is 16.2. The summed E-state index contributed by atoms with van der Waals surface area (Å²) in [6.07, 6.45) is 3.23. The third-order valence-corrected chi connectivity index (χ3v) is 9.80. The number of aromatic nitrogens is 2. The molecule has 0 unspecified atom stereocenters. The minimum Gasteiger partial charge on any atom is -0.370 e. The van der Waals surface area contributed by atoms with Crippen LogP contribution in [-0.4, -0.2) is 51.0 Å². The minimum atomic E-state index is -4.14. The van der Waals surface area contributed by atoms with Crippen molar-refractivity contribution < 1.29 is 13.2 Å². The molecular formula is C25H39N5O3SSi. The van der Waals surface area contributed by atoms with Crippen LogP contribution in [0.15, 0.2) is 29.3 Å². The quantitative estimate of drug-likeness (QED) is 0.345. The number of pyridine rings is 2. The number of sulfonamides is 1. The van der Waals surface area contributed by atoms with E-state index in [1.54, 1.807) is 25.1 Å². The van der Waals surface area contributed by atoms with Gasteiger partial charge in [-0.15, -0.1) is 0 Å². The number of hydrogen-bond acceptors (Lipinski definition) is 7. The summed E-state index contributed by atoms with van der Waals surface area (Å²) in [4.78, 5) is 21.7. The number of amides is 1. The number of nitrogens with one attached hydrogen (secondary N) is 3. The fraction of sp³-hybridized carbons (Fsp3) is 0.560. The third-order valence-electron chi connectivity index (χ3n) is 6.45. The summed E-state index contributed by atoms with van der Waals surface area (Å²) in [5.74, 6) is 0.435. The van der Waals surface area contributed by atoms with E-state index in [1.165, 1.54) is 6.07 Å². The summed E-state index contributed by atoms with van der Waals surface area (Å²) >= 11 is 0. The monoisotopic (exact) mass is 517 g/mol. The molecule has 0 radical (unpaired) electrons. The zero-order chi connectivity index (χ0) is 26.0. The average molecular weight is 518 g/mol. The van der Waals surface area contributed by atoms with Crippen molar-refractivity contribution in [1.29, 1.82) is 0 Å². The molecule has 0 bridgehead atoms. The van der Waals surface area contributed by atoms with Crippen molar-refractivity contribution in [2.45, 2.75) is 77.2 Å². The Labute approximate surface area is 210 Å². The molecule has 1 atom stereocenters. The highest BCUT2D eigenvalue weighted by molar-refractivity contribution is 7.90. The number of nitrogens with zero attached hydrogens (tertiary/aromatic N) is 2. The van der Waals surface area contributed by atoms with E-state index in [-0.39, 0.29) is 16.1 Å². The van der Waals surface area contributed by atoms with Gasteiger partial charge < -0.3 is 10.6 Å². The van der Waals surface area contributed by atoms with E-state index in [1.807, 2.05) is 6.92 Å². The van der Waals surface area contributed by atoms with Crippen LogP contribution in [0.5, 0.6) is 0 Å². The lowest BCUT2D eigenvalue weighted by molar-refractivity contribution is 0.0980. The van der Waals surface area contributed by atoms with Gasteiger partial charge in [-0.25, -0.2) is 9.71 Å². The lowest BCUT2D eigenvalue weighted by Gasteiger charge is -2.20. The molecule has 2 aromatic heterocycles. The van der Waals surface area contributed by atoms with Crippen molar-refractivity contribution in [1.82, 2.24) is 20.0 Å². The molecule has 3 rings (SSSR count). The third kappa shape index (κ3) is 7.11. The molecule has 1 aliphatic rings. The first-order valence-corrected chi connectivity index (χ1v) is 17.2. The van der Waals surface area contributed by atoms with E-state index >= 15 is 0 Å². The molecule has 192 valence electrons. The van der Waals surface area contributed by atoms with Gasteiger partial charge in [-0.1, -0.05) is 25.7 Å². The number of carbonyl (C=O) groups excluding carboxylic acids is 1. The number of hydrogen-bond donors (Lipinski definition) is 3. The van der Waals surface area contributed by atoms with Crippen molar-refractivity contribution in [3.8, 4) is 0 Å². The molecule has 0 spiro atoms. The number of rotatable bonds is 9. The van der Waals surface area contributed by atoms with E-state index < -0.39 is 24.0 Å². The topological polar surface area (TPSA) is 113 Å². The summed E-state index contributed by atoms with van der Waals surface area (Å²) in [6.45, 7) is 16.3. The fourth-order valence-corrected chi connectivity index (χ4v) is 7.36. The van der Waals surface area contributed by atoms with E-state index in [0.29, 0.717) is 24.0 Å². The van der Waals surface area contributed by atoms with Crippen LogP contribution in [0.2, 0.25) is 19.6 Å². The Balaban J connectivity index is 1.65. The van der Waals surface area contributed by atoms with Gasteiger partial charge in [0, 0.05) is 17.8 Å². The molecule has 3 heterocycles. The maximum atomic E-state index is 13.0. The smallest absolute Gasteiger partial charge is 0.281 e. The predicted molar refractivity (Wildman–Crippen MR) is 143 cm³/mol. The molecule has 10 heteroatoms. The lowest BCUT2D eigenvalue weighted by atomic mass is 9.94. The summed E-state index contributed by atoms with van der Waals surface area (Å²) in [7, 11) is -5.89. The van der Waals surface area contributed by atoms with Crippen LogP contribution in [0.25, 0.3) is 0 Å². The number of aryl methyl sites for hydroxylation is 2. The molecule has 0 aliphatic carbocycles. The Hall–Kier alpha value is -2.30.